The van der Waals surface area contributed by atoms with Crippen LogP contribution in [0.15, 0.2) is 41.4 Å². The SMILES string of the molecule is CN(/C=C1\SC(=O)NC1=O)CCCc1ccccc1. The van der Waals surface area contributed by atoms with Crippen LogP contribution in [0.25, 0.3) is 0 Å². The molecule has 0 aromatic heterocycles. The number of nitrogens with zero attached hydrogens (tertiary/aromatic N) is 1. The van der Waals surface area contributed by atoms with Gasteiger partial charge < -0.3 is 4.90 Å². The summed E-state index contributed by atoms with van der Waals surface area (Å²) < 4.78 is 0. The molecule has 1 N–H and O–H groups in total. The van der Waals surface area contributed by atoms with Crippen LogP contribution in [0, 0.1) is 0 Å². The molecule has 0 aliphatic carbocycles. The molecule has 0 atom stereocenters. The number of nitrogens with one attached hydrogen (secondary N) is 1. The van der Waals surface area contributed by atoms with Gasteiger partial charge in [-0.05, 0) is 30.2 Å². The highest BCUT2D eigenvalue weighted by atomic mass is 32.2. The lowest BCUT2D eigenvalue weighted by molar-refractivity contribution is -0.115. The molecule has 5 heteroatoms. The van der Waals surface area contributed by atoms with E-state index >= 15 is 0 Å². The number of benzene rings is 1. The Morgan fingerprint density at radius 2 is 2.00 bits per heavy atom. The Bertz CT molecular complexity index is 499. The monoisotopic (exact) mass is 276 g/mol. The van der Waals surface area contributed by atoms with E-state index in [1.165, 1.54) is 5.56 Å². The maximum Gasteiger partial charge on any atom is 0.290 e. The molecule has 1 aliphatic rings. The van der Waals surface area contributed by atoms with E-state index in [0.29, 0.717) is 4.91 Å². The number of carbonyl (C=O) groups is 2. The minimum absolute atomic E-state index is 0.297. The van der Waals surface area contributed by atoms with Crippen molar-refractivity contribution in [3.8, 4) is 0 Å². The van der Waals surface area contributed by atoms with Crippen LogP contribution in [0.1, 0.15) is 12.0 Å². The normalized spacial score (nSPS) is 16.8. The molecule has 0 spiro atoms. The van der Waals surface area contributed by atoms with Gasteiger partial charge in [0.25, 0.3) is 11.1 Å². The molecule has 0 radical (unpaired) electrons. The fraction of sp³-hybridized carbons (Fsp3) is 0.286. The van der Waals surface area contributed by atoms with Gasteiger partial charge >= 0.3 is 0 Å². The van der Waals surface area contributed by atoms with Gasteiger partial charge in [0.05, 0.1) is 4.91 Å². The van der Waals surface area contributed by atoms with Gasteiger partial charge in [0.2, 0.25) is 0 Å². The van der Waals surface area contributed by atoms with Crippen molar-refractivity contribution < 1.29 is 9.59 Å². The van der Waals surface area contributed by atoms with Gasteiger partial charge in [-0.25, -0.2) is 0 Å². The Labute approximate surface area is 116 Å². The first-order chi connectivity index (χ1) is 9.15. The largest absolute Gasteiger partial charge is 0.379 e. The lowest BCUT2D eigenvalue weighted by Gasteiger charge is -2.14. The molecule has 1 heterocycles. The Hall–Kier alpha value is -1.75. The zero-order chi connectivity index (χ0) is 13.7. The first-order valence-corrected chi connectivity index (χ1v) is 6.96. The molecular formula is C14H16N2O2S. The van der Waals surface area contributed by atoms with Gasteiger partial charge in [-0.2, -0.15) is 0 Å². The summed E-state index contributed by atoms with van der Waals surface area (Å²) in [6.45, 7) is 0.848. The third-order valence-electron chi connectivity index (χ3n) is 2.80. The number of amides is 2. The molecule has 0 saturated carbocycles. The maximum atomic E-state index is 11.4. The highest BCUT2D eigenvalue weighted by Gasteiger charge is 2.25. The number of hydrogen-bond donors (Lipinski definition) is 1. The maximum absolute atomic E-state index is 11.4. The summed E-state index contributed by atoms with van der Waals surface area (Å²) in [6, 6.07) is 10.3. The molecule has 1 aromatic rings. The van der Waals surface area contributed by atoms with Crippen LogP contribution in [-0.4, -0.2) is 29.6 Å². The fourth-order valence-electron chi connectivity index (χ4n) is 1.85. The Balaban J connectivity index is 1.79. The zero-order valence-electron chi connectivity index (χ0n) is 10.8. The van der Waals surface area contributed by atoms with Crippen molar-refractivity contribution in [3.63, 3.8) is 0 Å². The van der Waals surface area contributed by atoms with Crippen LogP contribution in [0.5, 0.6) is 0 Å². The summed E-state index contributed by atoms with van der Waals surface area (Å²) in [5, 5.41) is 1.95. The molecular weight excluding hydrogens is 260 g/mol. The smallest absolute Gasteiger partial charge is 0.290 e. The van der Waals surface area contributed by atoms with Crippen LogP contribution in [0.3, 0.4) is 0 Å². The minimum atomic E-state index is -0.301. The lowest BCUT2D eigenvalue weighted by Crippen LogP contribution is -2.20. The van der Waals surface area contributed by atoms with Gasteiger partial charge in [0.15, 0.2) is 0 Å². The number of imide groups is 1. The number of aryl methyl sites for hydroxylation is 1. The molecule has 4 nitrogen and oxygen atoms in total. The summed E-state index contributed by atoms with van der Waals surface area (Å²) >= 11 is 0.952. The van der Waals surface area contributed by atoms with Crippen molar-refractivity contribution in [3.05, 3.63) is 47.0 Å². The van der Waals surface area contributed by atoms with E-state index in [0.717, 1.165) is 31.1 Å². The Morgan fingerprint density at radius 1 is 1.26 bits per heavy atom. The molecule has 1 fully saturated rings. The number of carbonyl (C=O) groups excluding carboxylic acids is 2. The molecule has 1 saturated heterocycles. The average Bonchev–Trinajstić information content (AvgIpc) is 2.69. The van der Waals surface area contributed by atoms with Crippen LogP contribution >= 0.6 is 11.8 Å². The predicted octanol–water partition coefficient (Wildman–Crippen LogP) is 2.38. The van der Waals surface area contributed by atoms with Crippen molar-refractivity contribution in [2.24, 2.45) is 0 Å². The predicted molar refractivity (Wildman–Crippen MR) is 76.6 cm³/mol. The minimum Gasteiger partial charge on any atom is -0.379 e. The topological polar surface area (TPSA) is 49.4 Å². The zero-order valence-corrected chi connectivity index (χ0v) is 11.6. The van der Waals surface area contributed by atoms with E-state index in [9.17, 15) is 9.59 Å². The summed E-state index contributed by atoms with van der Waals surface area (Å²) in [5.74, 6) is -0.301. The van der Waals surface area contributed by atoms with Gasteiger partial charge in [-0.3, -0.25) is 14.9 Å². The summed E-state index contributed by atoms with van der Waals surface area (Å²) in [7, 11) is 1.91. The van der Waals surface area contributed by atoms with Gasteiger partial charge in [-0.1, -0.05) is 30.3 Å². The van der Waals surface area contributed by atoms with E-state index in [1.54, 1.807) is 6.20 Å². The second-order valence-electron chi connectivity index (χ2n) is 4.41. The molecule has 0 unspecified atom stereocenters. The van der Waals surface area contributed by atoms with Crippen molar-refractivity contribution in [2.75, 3.05) is 13.6 Å². The fourth-order valence-corrected chi connectivity index (χ4v) is 2.57. The van der Waals surface area contributed by atoms with E-state index in [1.807, 2.05) is 30.1 Å². The highest BCUT2D eigenvalue weighted by molar-refractivity contribution is 8.18. The molecule has 0 bridgehead atoms. The van der Waals surface area contributed by atoms with Crippen molar-refractivity contribution >= 4 is 22.9 Å². The molecule has 2 amide bonds. The van der Waals surface area contributed by atoms with Gasteiger partial charge in [-0.15, -0.1) is 0 Å². The van der Waals surface area contributed by atoms with Crippen LogP contribution in [0.4, 0.5) is 4.79 Å². The summed E-state index contributed by atoms with van der Waals surface area (Å²) in [5.41, 5.74) is 1.31. The van der Waals surface area contributed by atoms with Crippen molar-refractivity contribution in [2.45, 2.75) is 12.8 Å². The van der Waals surface area contributed by atoms with Crippen molar-refractivity contribution in [1.29, 1.82) is 0 Å². The van der Waals surface area contributed by atoms with Gasteiger partial charge in [0, 0.05) is 19.8 Å². The second-order valence-corrected chi connectivity index (χ2v) is 5.42. The Kier molecular flexibility index (Phi) is 4.63. The van der Waals surface area contributed by atoms with Crippen LogP contribution in [-0.2, 0) is 11.2 Å². The third kappa shape index (κ3) is 4.13. The highest BCUT2D eigenvalue weighted by Crippen LogP contribution is 2.23. The average molecular weight is 276 g/mol. The number of thioether (sulfide) groups is 1. The van der Waals surface area contributed by atoms with E-state index in [4.69, 9.17) is 0 Å². The lowest BCUT2D eigenvalue weighted by atomic mass is 10.1. The van der Waals surface area contributed by atoms with Gasteiger partial charge in [0.1, 0.15) is 0 Å². The first kappa shape index (κ1) is 13.7. The molecule has 1 aromatic carbocycles. The van der Waals surface area contributed by atoms with E-state index < -0.39 is 0 Å². The first-order valence-electron chi connectivity index (χ1n) is 6.14. The number of hydrogen-bond acceptors (Lipinski definition) is 4. The molecule has 19 heavy (non-hydrogen) atoms. The van der Waals surface area contributed by atoms with E-state index in [2.05, 4.69) is 17.4 Å². The third-order valence-corrected chi connectivity index (χ3v) is 3.60. The van der Waals surface area contributed by atoms with Crippen molar-refractivity contribution in [1.82, 2.24) is 10.2 Å². The second kappa shape index (κ2) is 6.43. The van der Waals surface area contributed by atoms with Crippen LogP contribution in [0.2, 0.25) is 0 Å². The van der Waals surface area contributed by atoms with Crippen LogP contribution < -0.4 is 5.32 Å². The standard InChI is InChI=1S/C14H16N2O2S/c1-16(10-12-13(17)15-14(18)19-12)9-5-8-11-6-3-2-4-7-11/h2-4,6-7,10H,5,8-9H2,1H3,(H,15,17,18)/b12-10-. The summed E-state index contributed by atoms with van der Waals surface area (Å²) in [6.07, 6.45) is 3.74. The molecule has 2 rings (SSSR count). The molecule has 100 valence electrons. The molecule has 1 aliphatic heterocycles. The number of rotatable bonds is 5. The summed E-state index contributed by atoms with van der Waals surface area (Å²) in [4.78, 5) is 24.8. The Morgan fingerprint density at radius 3 is 2.63 bits per heavy atom. The van der Waals surface area contributed by atoms with E-state index in [-0.39, 0.29) is 11.1 Å². The quantitative estimate of drug-likeness (QED) is 0.839.